The van der Waals surface area contributed by atoms with Crippen LogP contribution in [0.1, 0.15) is 0 Å². The van der Waals surface area contributed by atoms with E-state index in [2.05, 4.69) is 0 Å². The molecule has 0 aliphatic carbocycles. The highest BCUT2D eigenvalue weighted by molar-refractivity contribution is 5.65. The molecule has 1 saturated heterocycles. The molecule has 0 saturated carbocycles. The van der Waals surface area contributed by atoms with E-state index >= 15 is 0 Å². The first kappa shape index (κ1) is 6.42. The summed E-state index contributed by atoms with van der Waals surface area (Å²) < 4.78 is 4.89. The van der Waals surface area contributed by atoms with Crippen molar-refractivity contribution in [2.75, 3.05) is 13.2 Å². The Morgan fingerprint density at radius 2 is 1.56 bits per heavy atom. The average Bonchev–Trinajstić information content (AvgIpc) is 2.33. The molecule has 3 heteroatoms. The highest BCUT2D eigenvalue weighted by atomic mass is 16.5. The van der Waals surface area contributed by atoms with Crippen LogP contribution in [0, 0.1) is 11.8 Å². The second-order valence-corrected chi connectivity index (χ2v) is 2.14. The van der Waals surface area contributed by atoms with Gasteiger partial charge in [0, 0.05) is 11.8 Å². The van der Waals surface area contributed by atoms with Crippen molar-refractivity contribution in [2.45, 2.75) is 0 Å². The molecule has 0 N–H and O–H groups in total. The smallest absolute Gasteiger partial charge is 0.126 e. The van der Waals surface area contributed by atoms with Crippen LogP contribution in [0.5, 0.6) is 0 Å². The standard InChI is InChI=1S/C6H8O3/c7-1-5-3-9-4-6(5)2-8/h1-2,5-6H,3-4H2/t5-,6+. The minimum absolute atomic E-state index is 0.192. The van der Waals surface area contributed by atoms with E-state index in [1.54, 1.807) is 0 Å². The minimum Gasteiger partial charge on any atom is -0.380 e. The van der Waals surface area contributed by atoms with E-state index in [0.717, 1.165) is 12.6 Å². The topological polar surface area (TPSA) is 43.4 Å². The first-order chi connectivity index (χ1) is 4.38. The van der Waals surface area contributed by atoms with Crippen LogP contribution in [0.25, 0.3) is 0 Å². The van der Waals surface area contributed by atoms with Crippen molar-refractivity contribution >= 4 is 12.6 Å². The van der Waals surface area contributed by atoms with E-state index in [4.69, 9.17) is 4.74 Å². The summed E-state index contributed by atoms with van der Waals surface area (Å²) in [7, 11) is 0. The number of rotatable bonds is 2. The molecule has 0 unspecified atom stereocenters. The lowest BCUT2D eigenvalue weighted by Crippen LogP contribution is -2.14. The molecule has 3 nitrogen and oxygen atoms in total. The van der Waals surface area contributed by atoms with Gasteiger partial charge in [0.2, 0.25) is 0 Å². The fraction of sp³-hybridized carbons (Fsp3) is 0.667. The molecule has 1 heterocycles. The summed E-state index contributed by atoms with van der Waals surface area (Å²) in [6.07, 6.45) is 1.57. The predicted molar refractivity (Wildman–Crippen MR) is 29.9 cm³/mol. The molecule has 9 heavy (non-hydrogen) atoms. The van der Waals surface area contributed by atoms with E-state index in [-0.39, 0.29) is 11.8 Å². The van der Waals surface area contributed by atoms with Gasteiger partial charge in [-0.3, -0.25) is 0 Å². The fourth-order valence-electron chi connectivity index (χ4n) is 0.868. The lowest BCUT2D eigenvalue weighted by atomic mass is 10.00. The highest BCUT2D eigenvalue weighted by Crippen LogP contribution is 2.15. The maximum absolute atomic E-state index is 10.1. The third-order valence-electron chi connectivity index (χ3n) is 1.52. The summed E-state index contributed by atoms with van der Waals surface area (Å²) in [5.41, 5.74) is 0. The SMILES string of the molecule is O=C[C@@H]1COC[C@@H]1C=O. The molecular formula is C6H8O3. The zero-order chi connectivity index (χ0) is 6.69. The number of carbonyl (C=O) groups is 2. The Morgan fingerprint density at radius 1 is 1.11 bits per heavy atom. The van der Waals surface area contributed by atoms with Gasteiger partial charge in [-0.2, -0.15) is 0 Å². The predicted octanol–water partition coefficient (Wildman–Crippen LogP) is -0.353. The first-order valence-electron chi connectivity index (χ1n) is 2.87. The zero-order valence-corrected chi connectivity index (χ0v) is 4.95. The molecule has 0 aromatic heterocycles. The number of ether oxygens (including phenoxy) is 1. The maximum atomic E-state index is 10.1. The lowest BCUT2D eigenvalue weighted by molar-refractivity contribution is -0.117. The Balaban J connectivity index is 2.50. The van der Waals surface area contributed by atoms with Crippen molar-refractivity contribution in [3.63, 3.8) is 0 Å². The van der Waals surface area contributed by atoms with Gasteiger partial charge in [-0.1, -0.05) is 0 Å². The van der Waals surface area contributed by atoms with Crippen LogP contribution in [-0.2, 0) is 14.3 Å². The van der Waals surface area contributed by atoms with Crippen LogP contribution in [-0.4, -0.2) is 25.8 Å². The van der Waals surface area contributed by atoms with E-state index in [1.807, 2.05) is 0 Å². The van der Waals surface area contributed by atoms with E-state index < -0.39 is 0 Å². The van der Waals surface area contributed by atoms with E-state index in [1.165, 1.54) is 0 Å². The summed E-state index contributed by atoms with van der Waals surface area (Å²) in [6, 6.07) is 0. The van der Waals surface area contributed by atoms with Crippen molar-refractivity contribution in [2.24, 2.45) is 11.8 Å². The van der Waals surface area contributed by atoms with Gasteiger partial charge in [-0.25, -0.2) is 0 Å². The second-order valence-electron chi connectivity index (χ2n) is 2.14. The zero-order valence-electron chi connectivity index (χ0n) is 4.95. The van der Waals surface area contributed by atoms with Crippen molar-refractivity contribution in [1.29, 1.82) is 0 Å². The van der Waals surface area contributed by atoms with Crippen LogP contribution in [0.2, 0.25) is 0 Å². The van der Waals surface area contributed by atoms with Gasteiger partial charge < -0.3 is 14.3 Å². The lowest BCUT2D eigenvalue weighted by Gasteiger charge is -1.99. The molecule has 0 bridgehead atoms. The van der Waals surface area contributed by atoms with Crippen molar-refractivity contribution in [3.8, 4) is 0 Å². The molecular weight excluding hydrogens is 120 g/mol. The maximum Gasteiger partial charge on any atom is 0.126 e. The normalized spacial score (nSPS) is 34.2. The Hall–Kier alpha value is -0.700. The molecule has 0 aromatic rings. The summed E-state index contributed by atoms with van der Waals surface area (Å²) >= 11 is 0. The Bertz CT molecular complexity index is 107. The van der Waals surface area contributed by atoms with Gasteiger partial charge in [0.05, 0.1) is 13.2 Å². The first-order valence-corrected chi connectivity index (χ1v) is 2.87. The Morgan fingerprint density at radius 3 is 1.89 bits per heavy atom. The quantitative estimate of drug-likeness (QED) is 0.477. The molecule has 1 aliphatic heterocycles. The highest BCUT2D eigenvalue weighted by Gasteiger charge is 2.26. The molecule has 2 atom stereocenters. The largest absolute Gasteiger partial charge is 0.380 e. The molecule has 0 spiro atoms. The van der Waals surface area contributed by atoms with Gasteiger partial charge in [-0.05, 0) is 0 Å². The monoisotopic (exact) mass is 128 g/mol. The molecule has 0 amide bonds. The molecule has 0 radical (unpaired) electrons. The van der Waals surface area contributed by atoms with Crippen molar-refractivity contribution in [3.05, 3.63) is 0 Å². The summed E-state index contributed by atoms with van der Waals surface area (Å²) in [6.45, 7) is 0.819. The van der Waals surface area contributed by atoms with Crippen molar-refractivity contribution in [1.82, 2.24) is 0 Å². The number of aldehydes is 2. The van der Waals surface area contributed by atoms with Gasteiger partial charge in [0.25, 0.3) is 0 Å². The van der Waals surface area contributed by atoms with Crippen LogP contribution in [0.3, 0.4) is 0 Å². The average molecular weight is 128 g/mol. The van der Waals surface area contributed by atoms with E-state index in [9.17, 15) is 9.59 Å². The molecule has 0 aromatic carbocycles. The Kier molecular flexibility index (Phi) is 1.95. The number of hydrogen-bond acceptors (Lipinski definition) is 3. The van der Waals surface area contributed by atoms with Crippen LogP contribution in [0.4, 0.5) is 0 Å². The van der Waals surface area contributed by atoms with Gasteiger partial charge in [0.1, 0.15) is 12.6 Å². The van der Waals surface area contributed by atoms with Gasteiger partial charge in [-0.15, -0.1) is 0 Å². The number of carbonyl (C=O) groups excluding carboxylic acids is 2. The molecule has 50 valence electrons. The summed E-state index contributed by atoms with van der Waals surface area (Å²) in [4.78, 5) is 20.3. The van der Waals surface area contributed by atoms with Gasteiger partial charge >= 0.3 is 0 Å². The second kappa shape index (κ2) is 2.73. The third-order valence-corrected chi connectivity index (χ3v) is 1.52. The minimum atomic E-state index is -0.192. The molecule has 1 rings (SSSR count). The summed E-state index contributed by atoms with van der Waals surface area (Å²) in [5.74, 6) is -0.384. The van der Waals surface area contributed by atoms with Crippen molar-refractivity contribution < 1.29 is 14.3 Å². The molecule has 1 fully saturated rings. The molecule has 1 aliphatic rings. The van der Waals surface area contributed by atoms with Crippen LogP contribution >= 0.6 is 0 Å². The fourth-order valence-corrected chi connectivity index (χ4v) is 0.868. The summed E-state index contributed by atoms with van der Waals surface area (Å²) in [5, 5.41) is 0. The third kappa shape index (κ3) is 1.16. The van der Waals surface area contributed by atoms with E-state index in [0.29, 0.717) is 13.2 Å². The van der Waals surface area contributed by atoms with Gasteiger partial charge in [0.15, 0.2) is 0 Å². The number of hydrogen-bond donors (Lipinski definition) is 0. The van der Waals surface area contributed by atoms with Crippen LogP contribution in [0.15, 0.2) is 0 Å². The van der Waals surface area contributed by atoms with Crippen LogP contribution < -0.4 is 0 Å². The Labute approximate surface area is 53.0 Å².